The van der Waals surface area contributed by atoms with Crippen LogP contribution >= 0.6 is 0 Å². The number of hydrogen-bond donors (Lipinski definition) is 1. The summed E-state index contributed by atoms with van der Waals surface area (Å²) in [7, 11) is 0. The van der Waals surface area contributed by atoms with Gasteiger partial charge in [-0.2, -0.15) is 0 Å². The first-order valence-electron chi connectivity index (χ1n) is 3.22. The lowest BCUT2D eigenvalue weighted by Gasteiger charge is -2.33. The van der Waals surface area contributed by atoms with Gasteiger partial charge < -0.3 is 5.73 Å². The van der Waals surface area contributed by atoms with Crippen LogP contribution in [0.1, 0.15) is 12.8 Å². The molecule has 1 nitrogen and oxygen atoms in total. The van der Waals surface area contributed by atoms with Gasteiger partial charge in [-0.05, 0) is 25.3 Å². The molecule has 0 amide bonds. The maximum Gasteiger partial charge on any atom is 0.241 e. The third-order valence-electron chi connectivity index (χ3n) is 1.96. The maximum absolute atomic E-state index is 11.7. The van der Waals surface area contributed by atoms with E-state index < -0.39 is 6.43 Å². The maximum atomic E-state index is 11.7. The minimum Gasteiger partial charge on any atom is -0.330 e. The summed E-state index contributed by atoms with van der Waals surface area (Å²) in [4.78, 5) is 0. The molecule has 0 aromatic rings. The molecule has 1 fully saturated rings. The van der Waals surface area contributed by atoms with Gasteiger partial charge in [0.1, 0.15) is 0 Å². The summed E-state index contributed by atoms with van der Waals surface area (Å²) in [6, 6.07) is 0. The Bertz CT molecular complexity index is 89.1. The van der Waals surface area contributed by atoms with Crippen molar-refractivity contribution in [3.05, 3.63) is 0 Å². The standard InChI is InChI=1S/C6H11F2N/c7-6(8)5-1-4(2-5)3-9/h4-6H,1-3,9H2. The Morgan fingerprint density at radius 1 is 1.44 bits per heavy atom. The molecule has 1 aliphatic carbocycles. The van der Waals surface area contributed by atoms with Crippen LogP contribution in [0.4, 0.5) is 8.78 Å². The van der Waals surface area contributed by atoms with E-state index in [9.17, 15) is 8.78 Å². The van der Waals surface area contributed by atoms with Gasteiger partial charge in [-0.15, -0.1) is 0 Å². The first kappa shape index (κ1) is 6.93. The van der Waals surface area contributed by atoms with Crippen LogP contribution in [-0.2, 0) is 0 Å². The number of rotatable bonds is 2. The normalized spacial score (nSPS) is 34.7. The van der Waals surface area contributed by atoms with Crippen molar-refractivity contribution in [2.75, 3.05) is 6.54 Å². The van der Waals surface area contributed by atoms with Crippen LogP contribution in [0.15, 0.2) is 0 Å². The highest BCUT2D eigenvalue weighted by atomic mass is 19.3. The summed E-state index contributed by atoms with van der Waals surface area (Å²) in [5.74, 6) is 0.0301. The van der Waals surface area contributed by atoms with Crippen molar-refractivity contribution in [1.82, 2.24) is 0 Å². The average Bonchev–Trinajstić information content (AvgIpc) is 1.61. The topological polar surface area (TPSA) is 26.0 Å². The molecule has 0 bridgehead atoms. The molecular weight excluding hydrogens is 124 g/mol. The van der Waals surface area contributed by atoms with Crippen LogP contribution in [0.2, 0.25) is 0 Å². The second kappa shape index (κ2) is 2.60. The van der Waals surface area contributed by atoms with Crippen molar-refractivity contribution in [3.8, 4) is 0 Å². The summed E-state index contributed by atoms with van der Waals surface area (Å²) < 4.78 is 23.5. The highest BCUT2D eigenvalue weighted by Gasteiger charge is 2.34. The van der Waals surface area contributed by atoms with Crippen LogP contribution in [0.5, 0.6) is 0 Å². The number of nitrogens with two attached hydrogens (primary N) is 1. The molecule has 0 spiro atoms. The van der Waals surface area contributed by atoms with Crippen molar-refractivity contribution in [2.45, 2.75) is 19.3 Å². The summed E-state index contributed by atoms with van der Waals surface area (Å²) in [5, 5.41) is 0. The molecular formula is C6H11F2N. The Kier molecular flexibility index (Phi) is 2.01. The molecule has 0 saturated heterocycles. The van der Waals surface area contributed by atoms with Gasteiger partial charge in [-0.25, -0.2) is 8.78 Å². The molecule has 0 radical (unpaired) electrons. The quantitative estimate of drug-likeness (QED) is 0.605. The zero-order valence-corrected chi connectivity index (χ0v) is 5.19. The molecule has 54 valence electrons. The zero-order chi connectivity index (χ0) is 6.85. The van der Waals surface area contributed by atoms with Gasteiger partial charge in [0.05, 0.1) is 0 Å². The lowest BCUT2D eigenvalue weighted by molar-refractivity contribution is 0.00530. The summed E-state index contributed by atoms with van der Waals surface area (Å²) >= 11 is 0. The van der Waals surface area contributed by atoms with Crippen LogP contribution in [-0.4, -0.2) is 13.0 Å². The highest BCUT2D eigenvalue weighted by molar-refractivity contribution is 4.81. The number of halogens is 2. The third kappa shape index (κ3) is 1.39. The van der Waals surface area contributed by atoms with Gasteiger partial charge in [0.15, 0.2) is 0 Å². The molecule has 3 heteroatoms. The monoisotopic (exact) mass is 135 g/mol. The second-order valence-corrected chi connectivity index (χ2v) is 2.67. The average molecular weight is 135 g/mol. The SMILES string of the molecule is NCC1CC(C(F)F)C1. The Balaban J connectivity index is 2.12. The van der Waals surface area contributed by atoms with Gasteiger partial charge in [0.2, 0.25) is 6.43 Å². The van der Waals surface area contributed by atoms with E-state index in [0.29, 0.717) is 25.3 Å². The lowest BCUT2D eigenvalue weighted by Crippen LogP contribution is -2.33. The van der Waals surface area contributed by atoms with Gasteiger partial charge in [-0.1, -0.05) is 0 Å². The molecule has 1 rings (SSSR count). The first-order chi connectivity index (χ1) is 4.24. The van der Waals surface area contributed by atoms with Crippen LogP contribution in [0.25, 0.3) is 0 Å². The molecule has 2 N–H and O–H groups in total. The van der Waals surface area contributed by atoms with E-state index >= 15 is 0 Å². The van der Waals surface area contributed by atoms with E-state index in [1.807, 2.05) is 0 Å². The molecule has 9 heavy (non-hydrogen) atoms. The Morgan fingerprint density at radius 3 is 2.33 bits per heavy atom. The van der Waals surface area contributed by atoms with E-state index in [0.717, 1.165) is 0 Å². The van der Waals surface area contributed by atoms with Crippen LogP contribution < -0.4 is 5.73 Å². The molecule has 0 heterocycles. The number of hydrogen-bond acceptors (Lipinski definition) is 1. The van der Waals surface area contributed by atoms with Crippen molar-refractivity contribution >= 4 is 0 Å². The van der Waals surface area contributed by atoms with E-state index in [1.165, 1.54) is 0 Å². The molecule has 0 aromatic heterocycles. The Labute approximate surface area is 53.2 Å². The van der Waals surface area contributed by atoms with E-state index in [-0.39, 0.29) is 5.92 Å². The molecule has 0 atom stereocenters. The molecule has 1 aliphatic rings. The van der Waals surface area contributed by atoms with E-state index in [1.54, 1.807) is 0 Å². The minimum absolute atomic E-state index is 0.349. The van der Waals surface area contributed by atoms with Gasteiger partial charge >= 0.3 is 0 Å². The van der Waals surface area contributed by atoms with Gasteiger partial charge in [0, 0.05) is 5.92 Å². The fourth-order valence-corrected chi connectivity index (χ4v) is 1.19. The second-order valence-electron chi connectivity index (χ2n) is 2.67. The summed E-state index contributed by atoms with van der Waals surface area (Å²) in [6.07, 6.45) is -0.852. The van der Waals surface area contributed by atoms with Crippen molar-refractivity contribution in [2.24, 2.45) is 17.6 Å². The van der Waals surface area contributed by atoms with E-state index in [4.69, 9.17) is 5.73 Å². The van der Waals surface area contributed by atoms with Crippen molar-refractivity contribution in [3.63, 3.8) is 0 Å². The van der Waals surface area contributed by atoms with Crippen LogP contribution in [0.3, 0.4) is 0 Å². The summed E-state index contributed by atoms with van der Waals surface area (Å²) in [5.41, 5.74) is 5.25. The van der Waals surface area contributed by atoms with Crippen molar-refractivity contribution < 1.29 is 8.78 Å². The van der Waals surface area contributed by atoms with Crippen LogP contribution in [0, 0.1) is 11.8 Å². The van der Waals surface area contributed by atoms with Gasteiger partial charge in [-0.3, -0.25) is 0 Å². The fraction of sp³-hybridized carbons (Fsp3) is 1.00. The molecule has 0 aromatic carbocycles. The van der Waals surface area contributed by atoms with Crippen molar-refractivity contribution in [1.29, 1.82) is 0 Å². The lowest BCUT2D eigenvalue weighted by atomic mass is 9.75. The fourth-order valence-electron chi connectivity index (χ4n) is 1.19. The Hall–Kier alpha value is -0.180. The minimum atomic E-state index is -2.12. The largest absolute Gasteiger partial charge is 0.330 e. The Morgan fingerprint density at radius 2 is 2.00 bits per heavy atom. The smallest absolute Gasteiger partial charge is 0.241 e. The first-order valence-corrected chi connectivity index (χ1v) is 3.22. The van der Waals surface area contributed by atoms with E-state index in [2.05, 4.69) is 0 Å². The predicted octanol–water partition coefficient (Wildman–Crippen LogP) is 1.24. The molecule has 0 unspecified atom stereocenters. The van der Waals surface area contributed by atoms with Gasteiger partial charge in [0.25, 0.3) is 0 Å². The molecule has 1 saturated carbocycles. The number of alkyl halides is 2. The third-order valence-corrected chi connectivity index (χ3v) is 1.96. The summed E-state index contributed by atoms with van der Waals surface area (Å²) in [6.45, 7) is 0.573. The molecule has 0 aliphatic heterocycles. The highest BCUT2D eigenvalue weighted by Crippen LogP contribution is 2.36. The zero-order valence-electron chi connectivity index (χ0n) is 5.19. The predicted molar refractivity (Wildman–Crippen MR) is 31.3 cm³/mol.